The van der Waals surface area contributed by atoms with Crippen LogP contribution in [0.15, 0.2) is 12.7 Å². The van der Waals surface area contributed by atoms with E-state index in [0.29, 0.717) is 13.0 Å². The molecular formula is C12H24O2Si. The lowest BCUT2D eigenvalue weighted by Gasteiger charge is -2.36. The van der Waals surface area contributed by atoms with Crippen LogP contribution in [0, 0.1) is 0 Å². The molecule has 0 saturated carbocycles. The number of hydrogen-bond acceptors (Lipinski definition) is 2. The van der Waals surface area contributed by atoms with E-state index in [1.807, 2.05) is 0 Å². The fourth-order valence-corrected chi connectivity index (χ4v) is 1.98. The number of ketones is 1. The molecule has 0 aromatic heterocycles. The Labute approximate surface area is 94.8 Å². The summed E-state index contributed by atoms with van der Waals surface area (Å²) in [4.78, 5) is 11.0. The minimum Gasteiger partial charge on any atom is -0.417 e. The van der Waals surface area contributed by atoms with Gasteiger partial charge in [0.15, 0.2) is 14.1 Å². The minimum atomic E-state index is -1.62. The molecular weight excluding hydrogens is 204 g/mol. The molecule has 0 radical (unpaired) electrons. The molecule has 2 nitrogen and oxygen atoms in total. The molecule has 0 bridgehead atoms. The van der Waals surface area contributed by atoms with E-state index >= 15 is 0 Å². The molecule has 15 heavy (non-hydrogen) atoms. The maximum atomic E-state index is 11.0. The van der Waals surface area contributed by atoms with Crippen molar-refractivity contribution >= 4 is 14.1 Å². The van der Waals surface area contributed by atoms with Gasteiger partial charge in [0.25, 0.3) is 0 Å². The second-order valence-corrected chi connectivity index (χ2v) is 10.2. The molecule has 0 aliphatic heterocycles. The number of carbonyl (C=O) groups excluding carboxylic acids is 1. The molecule has 0 aromatic rings. The molecule has 0 rings (SSSR count). The summed E-state index contributed by atoms with van der Waals surface area (Å²) in [5.74, 6) is 0.105. The van der Waals surface area contributed by atoms with Crippen molar-refractivity contribution in [3.05, 3.63) is 12.7 Å². The normalized spacial score (nSPS) is 12.6. The Morgan fingerprint density at radius 3 is 2.33 bits per heavy atom. The van der Waals surface area contributed by atoms with Crippen molar-refractivity contribution in [1.29, 1.82) is 0 Å². The smallest absolute Gasteiger partial charge is 0.191 e. The number of rotatable bonds is 6. The first kappa shape index (κ1) is 14.6. The zero-order chi connectivity index (χ0) is 12.1. The molecule has 0 saturated heterocycles. The van der Waals surface area contributed by atoms with Crippen LogP contribution in [-0.4, -0.2) is 20.7 Å². The average molecular weight is 228 g/mol. The maximum absolute atomic E-state index is 11.0. The molecule has 0 heterocycles. The van der Waals surface area contributed by atoms with Gasteiger partial charge in [0.05, 0.1) is 0 Å². The van der Waals surface area contributed by atoms with E-state index in [0.717, 1.165) is 6.42 Å². The Hall–Kier alpha value is -0.413. The third kappa shape index (κ3) is 5.28. The van der Waals surface area contributed by atoms with Crippen molar-refractivity contribution in [1.82, 2.24) is 0 Å². The standard InChI is InChI=1S/C12H24O2Si/c1-7-11(13)9-8-10-14-15(5,6)12(2,3)4/h7H,1,8-10H2,2-6H3. The van der Waals surface area contributed by atoms with Crippen LogP contribution in [0.1, 0.15) is 33.6 Å². The first-order chi connectivity index (χ1) is 6.70. The van der Waals surface area contributed by atoms with Gasteiger partial charge in [-0.1, -0.05) is 27.4 Å². The number of hydrogen-bond donors (Lipinski definition) is 0. The lowest BCUT2D eigenvalue weighted by Crippen LogP contribution is -2.41. The zero-order valence-corrected chi connectivity index (χ0v) is 11.7. The predicted molar refractivity (Wildman–Crippen MR) is 67.6 cm³/mol. The molecule has 0 fully saturated rings. The van der Waals surface area contributed by atoms with E-state index < -0.39 is 8.32 Å². The molecule has 0 amide bonds. The third-order valence-corrected chi connectivity index (χ3v) is 7.60. The van der Waals surface area contributed by atoms with Crippen LogP contribution >= 0.6 is 0 Å². The van der Waals surface area contributed by atoms with Crippen LogP contribution in [-0.2, 0) is 9.22 Å². The monoisotopic (exact) mass is 228 g/mol. The van der Waals surface area contributed by atoms with E-state index in [4.69, 9.17) is 4.43 Å². The molecule has 0 N–H and O–H groups in total. The summed E-state index contributed by atoms with van der Waals surface area (Å²) < 4.78 is 5.94. The van der Waals surface area contributed by atoms with Gasteiger partial charge in [-0.2, -0.15) is 0 Å². The van der Waals surface area contributed by atoms with Gasteiger partial charge in [0.2, 0.25) is 0 Å². The van der Waals surface area contributed by atoms with Crippen LogP contribution in [0.4, 0.5) is 0 Å². The van der Waals surface area contributed by atoms with Gasteiger partial charge in [-0.05, 0) is 30.6 Å². The molecule has 0 unspecified atom stereocenters. The molecule has 0 atom stereocenters. The van der Waals surface area contributed by atoms with E-state index in [-0.39, 0.29) is 10.8 Å². The molecule has 0 aliphatic rings. The van der Waals surface area contributed by atoms with Crippen LogP contribution in [0.2, 0.25) is 18.1 Å². The van der Waals surface area contributed by atoms with Crippen molar-refractivity contribution in [3.63, 3.8) is 0 Å². The summed E-state index contributed by atoms with van der Waals surface area (Å²) in [6.45, 7) is 15.2. The Morgan fingerprint density at radius 1 is 1.40 bits per heavy atom. The van der Waals surface area contributed by atoms with E-state index in [1.165, 1.54) is 6.08 Å². The quantitative estimate of drug-likeness (QED) is 0.395. The van der Waals surface area contributed by atoms with E-state index in [2.05, 4.69) is 40.4 Å². The number of allylic oxidation sites excluding steroid dienone is 1. The van der Waals surface area contributed by atoms with Crippen molar-refractivity contribution in [3.8, 4) is 0 Å². The topological polar surface area (TPSA) is 26.3 Å². The lowest BCUT2D eigenvalue weighted by molar-refractivity contribution is -0.114. The van der Waals surface area contributed by atoms with E-state index in [1.54, 1.807) is 0 Å². The predicted octanol–water partition coefficient (Wildman–Crippen LogP) is 3.54. The van der Waals surface area contributed by atoms with Gasteiger partial charge in [-0.3, -0.25) is 4.79 Å². The highest BCUT2D eigenvalue weighted by atomic mass is 28.4. The third-order valence-electron chi connectivity index (χ3n) is 3.06. The van der Waals surface area contributed by atoms with Gasteiger partial charge in [0.1, 0.15) is 0 Å². The molecule has 0 aliphatic carbocycles. The summed E-state index contributed by atoms with van der Waals surface area (Å²) in [6.07, 6.45) is 2.74. The van der Waals surface area contributed by atoms with Crippen LogP contribution in [0.3, 0.4) is 0 Å². The Morgan fingerprint density at radius 2 is 1.93 bits per heavy atom. The minimum absolute atomic E-state index is 0.105. The zero-order valence-electron chi connectivity index (χ0n) is 10.7. The molecule has 0 spiro atoms. The maximum Gasteiger partial charge on any atom is 0.191 e. The molecule has 88 valence electrons. The van der Waals surface area contributed by atoms with Crippen LogP contribution < -0.4 is 0 Å². The number of carbonyl (C=O) groups is 1. The highest BCUT2D eigenvalue weighted by molar-refractivity contribution is 6.74. The summed E-state index contributed by atoms with van der Waals surface area (Å²) in [7, 11) is -1.62. The average Bonchev–Trinajstić information content (AvgIpc) is 2.10. The van der Waals surface area contributed by atoms with Gasteiger partial charge >= 0.3 is 0 Å². The van der Waals surface area contributed by atoms with Gasteiger partial charge in [-0.25, -0.2) is 0 Å². The Kier molecular flexibility index (Phi) is 5.46. The first-order valence-corrected chi connectivity index (χ1v) is 8.41. The lowest BCUT2D eigenvalue weighted by atomic mass is 10.2. The van der Waals surface area contributed by atoms with E-state index in [9.17, 15) is 4.79 Å². The highest BCUT2D eigenvalue weighted by Crippen LogP contribution is 2.36. The van der Waals surface area contributed by atoms with Crippen LogP contribution in [0.5, 0.6) is 0 Å². The summed E-state index contributed by atoms with van der Waals surface area (Å²) in [5.41, 5.74) is 0. The second-order valence-electron chi connectivity index (χ2n) is 5.38. The SMILES string of the molecule is C=CC(=O)CCCO[Si](C)(C)C(C)(C)C. The Balaban J connectivity index is 3.86. The largest absolute Gasteiger partial charge is 0.417 e. The van der Waals surface area contributed by atoms with Gasteiger partial charge < -0.3 is 4.43 Å². The second kappa shape index (κ2) is 5.61. The molecule has 0 aromatic carbocycles. The summed E-state index contributed by atoms with van der Waals surface area (Å²) in [6, 6.07) is 0. The van der Waals surface area contributed by atoms with Crippen LogP contribution in [0.25, 0.3) is 0 Å². The van der Waals surface area contributed by atoms with Crippen molar-refractivity contribution < 1.29 is 9.22 Å². The van der Waals surface area contributed by atoms with Gasteiger partial charge in [0, 0.05) is 13.0 Å². The van der Waals surface area contributed by atoms with Crippen molar-refractivity contribution in [2.45, 2.75) is 51.7 Å². The molecule has 3 heteroatoms. The van der Waals surface area contributed by atoms with Crippen molar-refractivity contribution in [2.24, 2.45) is 0 Å². The summed E-state index contributed by atoms with van der Waals surface area (Å²) >= 11 is 0. The highest BCUT2D eigenvalue weighted by Gasteiger charge is 2.36. The first-order valence-electron chi connectivity index (χ1n) is 5.50. The van der Waals surface area contributed by atoms with Gasteiger partial charge in [-0.15, -0.1) is 0 Å². The fourth-order valence-electron chi connectivity index (χ4n) is 0.892. The fraction of sp³-hybridized carbons (Fsp3) is 0.750. The summed E-state index contributed by atoms with van der Waals surface area (Å²) in [5, 5.41) is 0.245. The van der Waals surface area contributed by atoms with Crippen molar-refractivity contribution in [2.75, 3.05) is 6.61 Å². The Bertz CT molecular complexity index is 226.